The van der Waals surface area contributed by atoms with Gasteiger partial charge in [-0.05, 0) is 54.8 Å². The number of pyridine rings is 1. The van der Waals surface area contributed by atoms with Gasteiger partial charge in [0.2, 0.25) is 0 Å². The molecule has 0 atom stereocenters. The minimum atomic E-state index is -1.10. The van der Waals surface area contributed by atoms with Crippen LogP contribution in [0, 0.1) is 0 Å². The number of fused-ring (bicyclic) bond motifs is 1. The molecule has 0 spiro atoms. The average Bonchev–Trinajstić information content (AvgIpc) is 2.90. The molecule has 1 fully saturated rings. The van der Waals surface area contributed by atoms with E-state index in [0.29, 0.717) is 58.9 Å². The highest BCUT2D eigenvalue weighted by Crippen LogP contribution is 2.35. The van der Waals surface area contributed by atoms with Gasteiger partial charge in [0, 0.05) is 35.4 Å². The van der Waals surface area contributed by atoms with Crippen LogP contribution in [-0.4, -0.2) is 45.8 Å². The summed E-state index contributed by atoms with van der Waals surface area (Å²) in [4.78, 5) is 28.3. The fraction of sp³-hybridized carbons (Fsp3) is 0.241. The van der Waals surface area contributed by atoms with E-state index in [2.05, 4.69) is 4.90 Å². The summed E-state index contributed by atoms with van der Waals surface area (Å²) in [6, 6.07) is 21.0. The molecule has 1 aliphatic heterocycles. The molecule has 0 saturated carbocycles. The molecule has 4 aromatic rings. The standard InChI is InChI=1S/C29H27ClN2O5/c1-37-22-9-4-6-19(16-22)29(36)12-14-31(15-13-29)18-25-26(28(34)35)23-10-2-3-11-24(23)27(33)32(25)21-8-5-7-20(30)17-21/h2-11,16-17,36H,12-15,18H2,1H3,(H,34,35). The maximum atomic E-state index is 13.7. The number of rotatable bonds is 6. The van der Waals surface area contributed by atoms with E-state index in [1.165, 1.54) is 4.57 Å². The minimum Gasteiger partial charge on any atom is -0.497 e. The van der Waals surface area contributed by atoms with Gasteiger partial charge >= 0.3 is 5.97 Å². The van der Waals surface area contributed by atoms with Crippen molar-refractivity contribution in [3.63, 3.8) is 0 Å². The summed E-state index contributed by atoms with van der Waals surface area (Å²) in [5.41, 5.74) is 0.443. The van der Waals surface area contributed by atoms with Gasteiger partial charge in [-0.3, -0.25) is 14.3 Å². The molecule has 0 amide bonds. The second-order valence-electron chi connectivity index (χ2n) is 9.33. The molecular formula is C29H27ClN2O5. The highest BCUT2D eigenvalue weighted by molar-refractivity contribution is 6.30. The van der Waals surface area contributed by atoms with Crippen molar-refractivity contribution in [1.29, 1.82) is 0 Å². The van der Waals surface area contributed by atoms with E-state index in [1.807, 2.05) is 24.3 Å². The summed E-state index contributed by atoms with van der Waals surface area (Å²) in [6.07, 6.45) is 0.912. The van der Waals surface area contributed by atoms with Crippen molar-refractivity contribution < 1.29 is 19.7 Å². The number of aromatic carboxylic acids is 1. The second kappa shape index (κ2) is 10.0. The number of halogens is 1. The second-order valence-corrected chi connectivity index (χ2v) is 9.77. The van der Waals surface area contributed by atoms with Crippen LogP contribution in [0.1, 0.15) is 34.5 Å². The number of likely N-dealkylation sites (tertiary alicyclic amines) is 1. The first-order valence-corrected chi connectivity index (χ1v) is 12.4. The third kappa shape index (κ3) is 4.73. The summed E-state index contributed by atoms with van der Waals surface area (Å²) >= 11 is 6.24. The van der Waals surface area contributed by atoms with Crippen LogP contribution in [0.15, 0.2) is 77.6 Å². The molecule has 0 aliphatic carbocycles. The Bertz CT molecular complexity index is 1540. The summed E-state index contributed by atoms with van der Waals surface area (Å²) in [7, 11) is 1.59. The zero-order valence-electron chi connectivity index (χ0n) is 20.4. The van der Waals surface area contributed by atoms with Crippen molar-refractivity contribution in [1.82, 2.24) is 9.47 Å². The molecule has 3 aromatic carbocycles. The Balaban J connectivity index is 1.56. The average molecular weight is 519 g/mol. The molecule has 5 rings (SSSR count). The molecule has 0 radical (unpaired) electrons. The van der Waals surface area contributed by atoms with Crippen LogP contribution in [0.25, 0.3) is 16.5 Å². The highest BCUT2D eigenvalue weighted by atomic mass is 35.5. The minimum absolute atomic E-state index is 0.0869. The van der Waals surface area contributed by atoms with Crippen LogP contribution in [0.5, 0.6) is 5.75 Å². The first kappa shape index (κ1) is 25.0. The summed E-state index contributed by atoms with van der Waals surface area (Å²) in [5, 5.41) is 22.8. The van der Waals surface area contributed by atoms with Crippen molar-refractivity contribution in [2.45, 2.75) is 25.0 Å². The molecular weight excluding hydrogens is 492 g/mol. The lowest BCUT2D eigenvalue weighted by Crippen LogP contribution is -2.43. The van der Waals surface area contributed by atoms with Gasteiger partial charge in [0.25, 0.3) is 5.56 Å². The molecule has 2 N–H and O–H groups in total. The van der Waals surface area contributed by atoms with Crippen LogP contribution >= 0.6 is 11.6 Å². The van der Waals surface area contributed by atoms with Gasteiger partial charge in [0.15, 0.2) is 0 Å². The van der Waals surface area contributed by atoms with Gasteiger partial charge < -0.3 is 14.9 Å². The van der Waals surface area contributed by atoms with E-state index in [-0.39, 0.29) is 17.7 Å². The Morgan fingerprint density at radius 3 is 2.38 bits per heavy atom. The molecule has 190 valence electrons. The Hall–Kier alpha value is -3.65. The predicted octanol–water partition coefficient (Wildman–Crippen LogP) is 4.83. The highest BCUT2D eigenvalue weighted by Gasteiger charge is 2.35. The third-order valence-electron chi connectivity index (χ3n) is 7.13. The predicted molar refractivity (Wildman–Crippen MR) is 143 cm³/mol. The fourth-order valence-corrected chi connectivity index (χ4v) is 5.35. The monoisotopic (exact) mass is 518 g/mol. The number of carboxylic acid groups (broad SMARTS) is 1. The molecule has 7 nitrogen and oxygen atoms in total. The molecule has 2 heterocycles. The Labute approximate surface area is 219 Å². The van der Waals surface area contributed by atoms with Gasteiger partial charge in [0.1, 0.15) is 5.75 Å². The maximum Gasteiger partial charge on any atom is 0.338 e. The number of ether oxygens (including phenoxy) is 1. The van der Waals surface area contributed by atoms with Gasteiger partial charge in [0.05, 0.1) is 29.7 Å². The van der Waals surface area contributed by atoms with Gasteiger partial charge in [-0.15, -0.1) is 0 Å². The third-order valence-corrected chi connectivity index (χ3v) is 7.37. The topological polar surface area (TPSA) is 92.0 Å². The molecule has 0 bridgehead atoms. The Morgan fingerprint density at radius 2 is 1.70 bits per heavy atom. The maximum absolute atomic E-state index is 13.7. The number of nitrogens with zero attached hydrogens (tertiary/aromatic N) is 2. The van der Waals surface area contributed by atoms with E-state index >= 15 is 0 Å². The molecule has 8 heteroatoms. The van der Waals surface area contributed by atoms with Gasteiger partial charge in [-0.2, -0.15) is 0 Å². The quantitative estimate of drug-likeness (QED) is 0.380. The SMILES string of the molecule is COc1cccc(C2(O)CCN(Cc3c(C(=O)O)c4ccccc4c(=O)n3-c3cccc(Cl)c3)CC2)c1. The first-order valence-electron chi connectivity index (χ1n) is 12.1. The van der Waals surface area contributed by atoms with E-state index in [1.54, 1.807) is 55.6 Å². The van der Waals surface area contributed by atoms with Crippen LogP contribution in [-0.2, 0) is 12.1 Å². The number of piperidine rings is 1. The van der Waals surface area contributed by atoms with E-state index in [0.717, 1.165) is 5.56 Å². The summed E-state index contributed by atoms with van der Waals surface area (Å²) < 4.78 is 6.78. The largest absolute Gasteiger partial charge is 0.497 e. The molecule has 1 aromatic heterocycles. The van der Waals surface area contributed by atoms with Crippen LogP contribution in [0.3, 0.4) is 0 Å². The van der Waals surface area contributed by atoms with E-state index < -0.39 is 11.6 Å². The number of methoxy groups -OCH3 is 1. The summed E-state index contributed by atoms with van der Waals surface area (Å²) in [6.45, 7) is 1.26. The van der Waals surface area contributed by atoms with Crippen LogP contribution < -0.4 is 10.3 Å². The van der Waals surface area contributed by atoms with Crippen molar-refractivity contribution in [2.75, 3.05) is 20.2 Å². The Kier molecular flexibility index (Phi) is 6.77. The molecule has 0 unspecified atom stereocenters. The van der Waals surface area contributed by atoms with Crippen molar-refractivity contribution >= 4 is 28.3 Å². The number of carbonyl (C=O) groups is 1. The molecule has 1 aliphatic rings. The zero-order chi connectivity index (χ0) is 26.2. The van der Waals surface area contributed by atoms with Crippen LogP contribution in [0.2, 0.25) is 5.02 Å². The van der Waals surface area contributed by atoms with Gasteiger partial charge in [-0.1, -0.05) is 48.0 Å². The number of hydrogen-bond donors (Lipinski definition) is 2. The normalized spacial score (nSPS) is 15.5. The van der Waals surface area contributed by atoms with Gasteiger partial charge in [-0.25, -0.2) is 4.79 Å². The first-order chi connectivity index (χ1) is 17.8. The lowest BCUT2D eigenvalue weighted by Gasteiger charge is -2.39. The summed E-state index contributed by atoms with van der Waals surface area (Å²) in [5.74, 6) is -0.423. The number of hydrogen-bond acceptors (Lipinski definition) is 5. The fourth-order valence-electron chi connectivity index (χ4n) is 5.17. The van der Waals surface area contributed by atoms with Crippen molar-refractivity contribution in [3.8, 4) is 11.4 Å². The molecule has 37 heavy (non-hydrogen) atoms. The van der Waals surface area contributed by atoms with E-state index in [4.69, 9.17) is 16.3 Å². The van der Waals surface area contributed by atoms with Crippen molar-refractivity contribution in [2.24, 2.45) is 0 Å². The van der Waals surface area contributed by atoms with E-state index in [9.17, 15) is 19.8 Å². The smallest absolute Gasteiger partial charge is 0.338 e. The lowest BCUT2D eigenvalue weighted by atomic mass is 9.84. The number of carboxylic acids is 1. The zero-order valence-corrected chi connectivity index (χ0v) is 21.1. The van der Waals surface area contributed by atoms with Crippen molar-refractivity contribution in [3.05, 3.63) is 105 Å². The number of aromatic nitrogens is 1. The Morgan fingerprint density at radius 1 is 1.00 bits per heavy atom. The lowest BCUT2D eigenvalue weighted by molar-refractivity contribution is -0.0283. The number of benzene rings is 3. The molecule has 1 saturated heterocycles. The van der Waals surface area contributed by atoms with Crippen LogP contribution in [0.4, 0.5) is 0 Å². The number of aliphatic hydroxyl groups is 1.